The van der Waals surface area contributed by atoms with Gasteiger partial charge in [0.25, 0.3) is 0 Å². The van der Waals surface area contributed by atoms with Crippen LogP contribution in [0.5, 0.6) is 0 Å². The number of tetrazole rings is 1. The zero-order valence-corrected chi connectivity index (χ0v) is 13.5. The Morgan fingerprint density at radius 1 is 1.30 bits per heavy atom. The number of pyridine rings is 1. The standard InChI is InChI=1S/C16H21N7/c1-11(16-19-20-21-22(16)2)23-8-5-12(6-9-23)14-10-18-15-13(14)4-3-7-17-15/h3-4,7,10-12H,5-6,8-9H2,1-2H3,(H,17,18). The number of aromatic amines is 1. The van der Waals surface area contributed by atoms with Crippen LogP contribution in [0, 0.1) is 0 Å². The molecule has 4 heterocycles. The number of nitrogens with one attached hydrogen (secondary N) is 1. The normalized spacial score (nSPS) is 18.5. The Labute approximate surface area is 134 Å². The maximum absolute atomic E-state index is 4.39. The van der Waals surface area contributed by atoms with E-state index in [0.717, 1.165) is 37.4 Å². The second-order valence-corrected chi connectivity index (χ2v) is 6.29. The Morgan fingerprint density at radius 3 is 2.87 bits per heavy atom. The van der Waals surface area contributed by atoms with E-state index in [0.29, 0.717) is 5.92 Å². The second kappa shape index (κ2) is 5.73. The predicted molar refractivity (Wildman–Crippen MR) is 86.9 cm³/mol. The minimum atomic E-state index is 0.251. The third-order valence-electron chi connectivity index (χ3n) is 5.03. The lowest BCUT2D eigenvalue weighted by Crippen LogP contribution is -2.36. The molecule has 0 radical (unpaired) electrons. The van der Waals surface area contributed by atoms with Crippen molar-refractivity contribution in [2.75, 3.05) is 13.1 Å². The number of piperidine rings is 1. The summed E-state index contributed by atoms with van der Waals surface area (Å²) >= 11 is 0. The van der Waals surface area contributed by atoms with Crippen molar-refractivity contribution in [2.24, 2.45) is 7.05 Å². The first-order chi connectivity index (χ1) is 11.2. The summed E-state index contributed by atoms with van der Waals surface area (Å²) in [4.78, 5) is 10.2. The van der Waals surface area contributed by atoms with Crippen LogP contribution in [0.1, 0.15) is 43.1 Å². The largest absolute Gasteiger partial charge is 0.346 e. The van der Waals surface area contributed by atoms with Gasteiger partial charge in [0, 0.05) is 24.8 Å². The van der Waals surface area contributed by atoms with Gasteiger partial charge in [-0.3, -0.25) is 4.90 Å². The van der Waals surface area contributed by atoms with Gasteiger partial charge in [0.05, 0.1) is 6.04 Å². The predicted octanol–water partition coefficient (Wildman–Crippen LogP) is 2.03. The van der Waals surface area contributed by atoms with Gasteiger partial charge < -0.3 is 4.98 Å². The van der Waals surface area contributed by atoms with E-state index in [1.807, 2.05) is 19.3 Å². The molecule has 23 heavy (non-hydrogen) atoms. The van der Waals surface area contributed by atoms with Crippen LogP contribution in [0.25, 0.3) is 11.0 Å². The summed E-state index contributed by atoms with van der Waals surface area (Å²) in [5.74, 6) is 1.52. The van der Waals surface area contributed by atoms with Gasteiger partial charge in [0.2, 0.25) is 0 Å². The fourth-order valence-electron chi connectivity index (χ4n) is 3.67. The molecule has 0 aromatic carbocycles. The van der Waals surface area contributed by atoms with Gasteiger partial charge in [-0.1, -0.05) is 0 Å². The Balaban J connectivity index is 1.48. The first-order valence-electron chi connectivity index (χ1n) is 8.12. The summed E-state index contributed by atoms with van der Waals surface area (Å²) in [5.41, 5.74) is 2.39. The van der Waals surface area contributed by atoms with E-state index in [9.17, 15) is 0 Å². The minimum absolute atomic E-state index is 0.251. The number of rotatable bonds is 3. The lowest BCUT2D eigenvalue weighted by molar-refractivity contribution is 0.154. The molecule has 1 N–H and O–H groups in total. The maximum Gasteiger partial charge on any atom is 0.167 e. The summed E-state index contributed by atoms with van der Waals surface area (Å²) in [6, 6.07) is 4.42. The van der Waals surface area contributed by atoms with Crippen LogP contribution in [-0.4, -0.2) is 48.2 Å². The molecule has 0 saturated carbocycles. The number of aromatic nitrogens is 6. The maximum atomic E-state index is 4.39. The number of hydrogen-bond donors (Lipinski definition) is 1. The van der Waals surface area contributed by atoms with Crippen LogP contribution in [-0.2, 0) is 7.05 Å². The molecule has 1 atom stereocenters. The summed E-state index contributed by atoms with van der Waals surface area (Å²) in [5, 5.41) is 13.1. The second-order valence-electron chi connectivity index (χ2n) is 6.29. The van der Waals surface area contributed by atoms with Crippen molar-refractivity contribution < 1.29 is 0 Å². The highest BCUT2D eigenvalue weighted by Crippen LogP contribution is 2.34. The van der Waals surface area contributed by atoms with Crippen LogP contribution in [0.2, 0.25) is 0 Å². The van der Waals surface area contributed by atoms with Gasteiger partial charge in [-0.2, -0.15) is 0 Å². The van der Waals surface area contributed by atoms with Crippen LogP contribution < -0.4 is 0 Å². The third-order valence-corrected chi connectivity index (χ3v) is 5.03. The van der Waals surface area contributed by atoms with Crippen molar-refractivity contribution in [3.05, 3.63) is 35.9 Å². The SMILES string of the molecule is CC(c1nnnn1C)N1CCC(c2c[nH]c3ncccc23)CC1. The fourth-order valence-corrected chi connectivity index (χ4v) is 3.67. The fraction of sp³-hybridized carbons (Fsp3) is 0.500. The number of H-pyrrole nitrogens is 1. The van der Waals surface area contributed by atoms with Gasteiger partial charge >= 0.3 is 0 Å². The number of nitrogens with zero attached hydrogens (tertiary/aromatic N) is 6. The number of fused-ring (bicyclic) bond motifs is 1. The Bertz CT molecular complexity index is 797. The highest BCUT2D eigenvalue weighted by Gasteiger charge is 2.27. The molecule has 1 fully saturated rings. The van der Waals surface area contributed by atoms with Crippen LogP contribution in [0.4, 0.5) is 0 Å². The van der Waals surface area contributed by atoms with Crippen LogP contribution >= 0.6 is 0 Å². The van der Waals surface area contributed by atoms with E-state index in [2.05, 4.69) is 49.6 Å². The molecule has 3 aromatic rings. The number of hydrogen-bond acceptors (Lipinski definition) is 5. The first kappa shape index (κ1) is 14.3. The van der Waals surface area contributed by atoms with Crippen LogP contribution in [0.3, 0.4) is 0 Å². The van der Waals surface area contributed by atoms with Gasteiger partial charge in [0.1, 0.15) is 5.65 Å². The number of aryl methyl sites for hydroxylation is 1. The Morgan fingerprint density at radius 2 is 2.13 bits per heavy atom. The Hall–Kier alpha value is -2.28. The zero-order chi connectivity index (χ0) is 15.8. The van der Waals surface area contributed by atoms with E-state index in [4.69, 9.17) is 0 Å². The molecule has 7 heteroatoms. The quantitative estimate of drug-likeness (QED) is 0.801. The summed E-state index contributed by atoms with van der Waals surface area (Å²) in [7, 11) is 1.90. The van der Waals surface area contributed by atoms with Crippen molar-refractivity contribution in [1.82, 2.24) is 35.1 Å². The highest BCUT2D eigenvalue weighted by atomic mass is 15.5. The molecule has 0 bridgehead atoms. The van der Waals surface area contributed by atoms with Gasteiger partial charge in [-0.05, 0) is 66.9 Å². The molecule has 0 amide bonds. The summed E-state index contributed by atoms with van der Waals surface area (Å²) < 4.78 is 1.77. The molecular weight excluding hydrogens is 290 g/mol. The smallest absolute Gasteiger partial charge is 0.167 e. The molecule has 7 nitrogen and oxygen atoms in total. The molecule has 1 aliphatic rings. The molecule has 1 saturated heterocycles. The molecule has 1 unspecified atom stereocenters. The molecule has 4 rings (SSSR count). The van der Waals surface area contributed by atoms with E-state index >= 15 is 0 Å². The molecule has 3 aromatic heterocycles. The molecule has 0 spiro atoms. The van der Waals surface area contributed by atoms with Crippen molar-refractivity contribution >= 4 is 11.0 Å². The first-order valence-corrected chi connectivity index (χ1v) is 8.12. The molecule has 1 aliphatic heterocycles. The highest BCUT2D eigenvalue weighted by molar-refractivity contribution is 5.80. The number of likely N-dealkylation sites (tertiary alicyclic amines) is 1. The Kier molecular flexibility index (Phi) is 3.57. The minimum Gasteiger partial charge on any atom is -0.346 e. The average molecular weight is 311 g/mol. The summed E-state index contributed by atoms with van der Waals surface area (Å²) in [6.45, 7) is 4.30. The zero-order valence-electron chi connectivity index (χ0n) is 13.5. The monoisotopic (exact) mass is 311 g/mol. The van der Waals surface area contributed by atoms with E-state index in [1.165, 1.54) is 10.9 Å². The van der Waals surface area contributed by atoms with E-state index in [-0.39, 0.29) is 6.04 Å². The van der Waals surface area contributed by atoms with E-state index < -0.39 is 0 Å². The van der Waals surface area contributed by atoms with Crippen molar-refractivity contribution in [3.8, 4) is 0 Å². The van der Waals surface area contributed by atoms with Crippen molar-refractivity contribution in [2.45, 2.75) is 31.7 Å². The molecular formula is C16H21N7. The molecule has 0 aliphatic carbocycles. The van der Waals surface area contributed by atoms with Gasteiger partial charge in [-0.25, -0.2) is 9.67 Å². The summed E-state index contributed by atoms with van der Waals surface area (Å²) in [6.07, 6.45) is 6.27. The molecule has 120 valence electrons. The van der Waals surface area contributed by atoms with Crippen LogP contribution in [0.15, 0.2) is 24.5 Å². The van der Waals surface area contributed by atoms with Gasteiger partial charge in [0.15, 0.2) is 5.82 Å². The average Bonchev–Trinajstić information content (AvgIpc) is 3.20. The lowest BCUT2D eigenvalue weighted by atomic mass is 9.89. The van der Waals surface area contributed by atoms with Crippen molar-refractivity contribution in [3.63, 3.8) is 0 Å². The third kappa shape index (κ3) is 2.50. The van der Waals surface area contributed by atoms with Crippen molar-refractivity contribution in [1.29, 1.82) is 0 Å². The van der Waals surface area contributed by atoms with E-state index in [1.54, 1.807) is 4.68 Å². The van der Waals surface area contributed by atoms with Gasteiger partial charge in [-0.15, -0.1) is 5.10 Å². The topological polar surface area (TPSA) is 75.5 Å². The lowest BCUT2D eigenvalue weighted by Gasteiger charge is -2.35.